The van der Waals surface area contributed by atoms with Crippen molar-refractivity contribution < 1.29 is 0 Å². The third-order valence-electron chi connectivity index (χ3n) is 3.38. The van der Waals surface area contributed by atoms with Gasteiger partial charge in [-0.2, -0.15) is 0 Å². The van der Waals surface area contributed by atoms with Gasteiger partial charge in [0.2, 0.25) is 0 Å². The zero-order valence-electron chi connectivity index (χ0n) is 11.3. The van der Waals surface area contributed by atoms with Gasteiger partial charge in [0, 0.05) is 12.3 Å². The number of H-pyrrole nitrogens is 1. The predicted molar refractivity (Wildman–Crippen MR) is 76.9 cm³/mol. The van der Waals surface area contributed by atoms with Gasteiger partial charge in [-0.05, 0) is 34.2 Å². The molecule has 1 fully saturated rings. The van der Waals surface area contributed by atoms with Crippen molar-refractivity contribution in [3.63, 3.8) is 0 Å². The summed E-state index contributed by atoms with van der Waals surface area (Å²) in [6.07, 6.45) is 5.61. The number of halogens is 1. The molecule has 2 rings (SSSR count). The highest BCUT2D eigenvalue weighted by atomic mass is 79.9. The van der Waals surface area contributed by atoms with Gasteiger partial charge in [0.25, 0.3) is 5.56 Å². The highest BCUT2D eigenvalue weighted by Gasteiger charge is 2.24. The van der Waals surface area contributed by atoms with E-state index in [0.717, 1.165) is 30.8 Å². The summed E-state index contributed by atoms with van der Waals surface area (Å²) in [6, 6.07) is 0. The van der Waals surface area contributed by atoms with Crippen molar-refractivity contribution in [3.8, 4) is 0 Å². The van der Waals surface area contributed by atoms with Crippen molar-refractivity contribution >= 4 is 15.9 Å². The molecule has 0 spiro atoms. The van der Waals surface area contributed by atoms with Crippen LogP contribution >= 0.6 is 15.9 Å². The Kier molecular flexibility index (Phi) is 3.95. The fourth-order valence-corrected chi connectivity index (χ4v) is 3.09. The molecule has 1 saturated carbocycles. The van der Waals surface area contributed by atoms with E-state index in [2.05, 4.69) is 41.7 Å². The molecule has 1 heterocycles. The quantitative estimate of drug-likeness (QED) is 0.903. The summed E-state index contributed by atoms with van der Waals surface area (Å²) in [6.45, 7) is 6.47. The third-order valence-corrected chi connectivity index (χ3v) is 4.14. The van der Waals surface area contributed by atoms with Crippen LogP contribution in [-0.4, -0.2) is 9.97 Å². The SMILES string of the molecule is CC(C)(C)Cc1nc(C2CCCC2)c(Br)c(=O)[nH]1. The molecule has 0 aromatic carbocycles. The van der Waals surface area contributed by atoms with Crippen molar-refractivity contribution in [2.75, 3.05) is 0 Å². The van der Waals surface area contributed by atoms with Crippen LogP contribution in [0.3, 0.4) is 0 Å². The van der Waals surface area contributed by atoms with Crippen LogP contribution in [0.25, 0.3) is 0 Å². The maximum Gasteiger partial charge on any atom is 0.265 e. The van der Waals surface area contributed by atoms with Crippen molar-refractivity contribution in [1.82, 2.24) is 9.97 Å². The van der Waals surface area contributed by atoms with E-state index in [-0.39, 0.29) is 11.0 Å². The van der Waals surface area contributed by atoms with Crippen molar-refractivity contribution in [3.05, 3.63) is 26.3 Å². The number of rotatable bonds is 2. The van der Waals surface area contributed by atoms with Crippen molar-refractivity contribution in [1.29, 1.82) is 0 Å². The van der Waals surface area contributed by atoms with Crippen molar-refractivity contribution in [2.45, 2.75) is 58.8 Å². The number of nitrogens with zero attached hydrogens (tertiary/aromatic N) is 1. The minimum atomic E-state index is -0.0360. The van der Waals surface area contributed by atoms with E-state index in [4.69, 9.17) is 4.98 Å². The van der Waals surface area contributed by atoms with Crippen LogP contribution < -0.4 is 5.56 Å². The summed E-state index contributed by atoms with van der Waals surface area (Å²) in [7, 11) is 0. The molecule has 0 bridgehead atoms. The lowest BCUT2D eigenvalue weighted by molar-refractivity contribution is 0.398. The average molecular weight is 313 g/mol. The van der Waals surface area contributed by atoms with Crippen LogP contribution in [0.2, 0.25) is 0 Å². The summed E-state index contributed by atoms with van der Waals surface area (Å²) in [5, 5.41) is 0. The van der Waals surface area contributed by atoms with E-state index in [1.165, 1.54) is 12.8 Å². The molecule has 1 aliphatic carbocycles. The molecule has 0 saturated heterocycles. The van der Waals surface area contributed by atoms with Crippen molar-refractivity contribution in [2.24, 2.45) is 5.41 Å². The molecule has 3 nitrogen and oxygen atoms in total. The molecule has 0 aliphatic heterocycles. The summed E-state index contributed by atoms with van der Waals surface area (Å²) >= 11 is 3.40. The summed E-state index contributed by atoms with van der Waals surface area (Å²) in [5.41, 5.74) is 1.07. The average Bonchev–Trinajstić information content (AvgIpc) is 2.74. The number of aromatic amines is 1. The largest absolute Gasteiger partial charge is 0.310 e. The summed E-state index contributed by atoms with van der Waals surface area (Å²) in [5.74, 6) is 1.28. The van der Waals surface area contributed by atoms with Crippen LogP contribution in [0.4, 0.5) is 0 Å². The fourth-order valence-electron chi connectivity index (χ4n) is 2.58. The Morgan fingerprint density at radius 1 is 1.33 bits per heavy atom. The smallest absolute Gasteiger partial charge is 0.265 e. The topological polar surface area (TPSA) is 45.8 Å². The van der Waals surface area contributed by atoms with Gasteiger partial charge >= 0.3 is 0 Å². The van der Waals surface area contributed by atoms with Gasteiger partial charge in [-0.1, -0.05) is 33.6 Å². The Hall–Kier alpha value is -0.640. The normalized spacial score (nSPS) is 17.3. The highest BCUT2D eigenvalue weighted by Crippen LogP contribution is 2.35. The molecule has 0 atom stereocenters. The first kappa shape index (κ1) is 13.8. The zero-order valence-corrected chi connectivity index (χ0v) is 12.9. The monoisotopic (exact) mass is 312 g/mol. The van der Waals surface area contributed by atoms with Crippen LogP contribution in [0.1, 0.15) is 63.9 Å². The number of hydrogen-bond donors (Lipinski definition) is 1. The van der Waals surface area contributed by atoms with Crippen LogP contribution in [0, 0.1) is 5.41 Å². The Morgan fingerprint density at radius 2 is 1.94 bits per heavy atom. The molecule has 18 heavy (non-hydrogen) atoms. The molecule has 0 amide bonds. The lowest BCUT2D eigenvalue weighted by atomic mass is 9.92. The second-order valence-corrected chi connectivity index (χ2v) is 7.22. The molecular formula is C14H21BrN2O. The third kappa shape index (κ3) is 3.22. The Labute approximate surface area is 117 Å². The molecule has 100 valence electrons. The second-order valence-electron chi connectivity index (χ2n) is 6.43. The minimum absolute atomic E-state index is 0.0360. The van der Waals surface area contributed by atoms with Gasteiger partial charge < -0.3 is 4.98 Å². The molecule has 1 aromatic rings. The van der Waals surface area contributed by atoms with Crippen LogP contribution in [0.15, 0.2) is 9.27 Å². The Balaban J connectivity index is 2.36. The molecule has 1 N–H and O–H groups in total. The van der Waals surface area contributed by atoms with Gasteiger partial charge in [0.1, 0.15) is 10.3 Å². The first-order valence-electron chi connectivity index (χ1n) is 6.65. The number of aromatic nitrogens is 2. The van der Waals surface area contributed by atoms with Crippen LogP contribution in [-0.2, 0) is 6.42 Å². The van der Waals surface area contributed by atoms with E-state index in [1.807, 2.05) is 0 Å². The number of nitrogens with one attached hydrogen (secondary N) is 1. The standard InChI is InChI=1S/C14H21BrN2O/c1-14(2,3)8-10-16-12(9-6-4-5-7-9)11(15)13(18)17-10/h9H,4-8H2,1-3H3,(H,16,17,18). The van der Waals surface area contributed by atoms with Crippen LogP contribution in [0.5, 0.6) is 0 Å². The Morgan fingerprint density at radius 3 is 2.50 bits per heavy atom. The molecule has 1 aliphatic rings. The molecular weight excluding hydrogens is 292 g/mol. The van der Waals surface area contributed by atoms with Gasteiger partial charge in [-0.25, -0.2) is 4.98 Å². The maximum absolute atomic E-state index is 12.0. The van der Waals surface area contributed by atoms with E-state index in [1.54, 1.807) is 0 Å². The fraction of sp³-hybridized carbons (Fsp3) is 0.714. The van der Waals surface area contributed by atoms with Gasteiger partial charge in [0.05, 0.1) is 5.69 Å². The lowest BCUT2D eigenvalue weighted by Crippen LogP contribution is -2.21. The zero-order chi connectivity index (χ0) is 13.3. The lowest BCUT2D eigenvalue weighted by Gasteiger charge is -2.19. The first-order chi connectivity index (χ1) is 8.37. The van der Waals surface area contributed by atoms with E-state index < -0.39 is 0 Å². The maximum atomic E-state index is 12.0. The molecule has 4 heteroatoms. The van der Waals surface area contributed by atoms with Gasteiger partial charge in [-0.15, -0.1) is 0 Å². The second kappa shape index (κ2) is 5.16. The predicted octanol–water partition coefficient (Wildman–Crippen LogP) is 3.78. The summed E-state index contributed by atoms with van der Waals surface area (Å²) in [4.78, 5) is 19.5. The molecule has 0 radical (unpaired) electrons. The first-order valence-corrected chi connectivity index (χ1v) is 7.45. The number of hydrogen-bond acceptors (Lipinski definition) is 2. The highest BCUT2D eigenvalue weighted by molar-refractivity contribution is 9.10. The van der Waals surface area contributed by atoms with E-state index >= 15 is 0 Å². The minimum Gasteiger partial charge on any atom is -0.310 e. The molecule has 1 aromatic heterocycles. The van der Waals surface area contributed by atoms with E-state index in [0.29, 0.717) is 10.4 Å². The van der Waals surface area contributed by atoms with Gasteiger partial charge in [0.15, 0.2) is 0 Å². The van der Waals surface area contributed by atoms with E-state index in [9.17, 15) is 4.79 Å². The van der Waals surface area contributed by atoms with Gasteiger partial charge in [-0.3, -0.25) is 4.79 Å². The Bertz CT molecular complexity index is 482. The molecule has 0 unspecified atom stereocenters. The summed E-state index contributed by atoms with van der Waals surface area (Å²) < 4.78 is 0.632.